The van der Waals surface area contributed by atoms with Crippen molar-refractivity contribution >= 4 is 5.97 Å². The average molecular weight is 303 g/mol. The summed E-state index contributed by atoms with van der Waals surface area (Å²) < 4.78 is 11.7. The van der Waals surface area contributed by atoms with Gasteiger partial charge in [-0.2, -0.15) is 0 Å². The standard InChI is InChI=1S/C17H21NO4/c19-17(20)13-7-18(8-13)14-5-12-3-4-15(6-16(12)22-10-14)21-9-11-1-2-11/h3-4,6,11,13-14H,1-2,5,7-10H2,(H,19,20). The van der Waals surface area contributed by atoms with Gasteiger partial charge in [0.05, 0.1) is 12.5 Å². The lowest BCUT2D eigenvalue weighted by Gasteiger charge is -2.43. The van der Waals surface area contributed by atoms with Crippen molar-refractivity contribution in [2.24, 2.45) is 11.8 Å². The van der Waals surface area contributed by atoms with Gasteiger partial charge in [0.1, 0.15) is 18.1 Å². The molecule has 1 unspecified atom stereocenters. The van der Waals surface area contributed by atoms with E-state index in [0.717, 1.165) is 30.4 Å². The van der Waals surface area contributed by atoms with Crippen LogP contribution in [0.2, 0.25) is 0 Å². The molecule has 2 fully saturated rings. The van der Waals surface area contributed by atoms with Gasteiger partial charge in [0.25, 0.3) is 0 Å². The lowest BCUT2D eigenvalue weighted by molar-refractivity contribution is -0.149. The number of rotatable bonds is 5. The summed E-state index contributed by atoms with van der Waals surface area (Å²) in [4.78, 5) is 13.1. The monoisotopic (exact) mass is 303 g/mol. The van der Waals surface area contributed by atoms with Crippen LogP contribution in [0.1, 0.15) is 18.4 Å². The van der Waals surface area contributed by atoms with E-state index >= 15 is 0 Å². The van der Waals surface area contributed by atoms with Crippen LogP contribution in [0.3, 0.4) is 0 Å². The van der Waals surface area contributed by atoms with Gasteiger partial charge in [-0.3, -0.25) is 9.69 Å². The molecule has 4 rings (SSSR count). The van der Waals surface area contributed by atoms with Crippen LogP contribution in [0.5, 0.6) is 11.5 Å². The van der Waals surface area contributed by atoms with Gasteiger partial charge in [0.15, 0.2) is 0 Å². The van der Waals surface area contributed by atoms with Crippen molar-refractivity contribution in [1.82, 2.24) is 4.90 Å². The molecule has 3 aliphatic rings. The van der Waals surface area contributed by atoms with Crippen LogP contribution in [-0.4, -0.2) is 48.3 Å². The molecule has 0 spiro atoms. The molecular weight excluding hydrogens is 282 g/mol. The first-order valence-corrected chi connectivity index (χ1v) is 8.04. The summed E-state index contributed by atoms with van der Waals surface area (Å²) in [6, 6.07) is 6.38. The van der Waals surface area contributed by atoms with Gasteiger partial charge in [-0.05, 0) is 36.8 Å². The Labute approximate surface area is 129 Å². The lowest BCUT2D eigenvalue weighted by atomic mass is 9.93. The van der Waals surface area contributed by atoms with Crippen LogP contribution in [0.15, 0.2) is 18.2 Å². The van der Waals surface area contributed by atoms with Gasteiger partial charge in [-0.1, -0.05) is 6.07 Å². The number of aliphatic carboxylic acids is 1. The fourth-order valence-electron chi connectivity index (χ4n) is 3.13. The lowest BCUT2D eigenvalue weighted by Crippen LogP contribution is -2.57. The number of carbonyl (C=O) groups is 1. The average Bonchev–Trinajstić information content (AvgIpc) is 3.27. The Morgan fingerprint density at radius 1 is 1.36 bits per heavy atom. The number of carboxylic acids is 1. The van der Waals surface area contributed by atoms with E-state index < -0.39 is 5.97 Å². The molecule has 0 amide bonds. The zero-order chi connectivity index (χ0) is 15.1. The highest BCUT2D eigenvalue weighted by molar-refractivity contribution is 5.71. The summed E-state index contributed by atoms with van der Waals surface area (Å²) in [5.74, 6) is 1.65. The summed E-state index contributed by atoms with van der Waals surface area (Å²) in [7, 11) is 0. The highest BCUT2D eigenvalue weighted by Gasteiger charge is 2.38. The van der Waals surface area contributed by atoms with Crippen molar-refractivity contribution in [3.8, 4) is 11.5 Å². The maximum Gasteiger partial charge on any atom is 0.309 e. The Morgan fingerprint density at radius 3 is 2.91 bits per heavy atom. The largest absolute Gasteiger partial charge is 0.493 e. The van der Waals surface area contributed by atoms with E-state index in [0.29, 0.717) is 25.7 Å². The molecule has 1 N–H and O–H groups in total. The van der Waals surface area contributed by atoms with Crippen LogP contribution in [0.25, 0.3) is 0 Å². The Kier molecular flexibility index (Phi) is 3.45. The predicted octanol–water partition coefficient (Wildman–Crippen LogP) is 1.80. The Bertz CT molecular complexity index is 578. The topological polar surface area (TPSA) is 59.0 Å². The first-order chi connectivity index (χ1) is 10.7. The van der Waals surface area contributed by atoms with Gasteiger partial charge in [0, 0.05) is 25.2 Å². The fraction of sp³-hybridized carbons (Fsp3) is 0.588. The Balaban J connectivity index is 1.36. The minimum Gasteiger partial charge on any atom is -0.493 e. The molecule has 1 atom stereocenters. The number of carboxylic acid groups (broad SMARTS) is 1. The molecule has 1 aromatic carbocycles. The summed E-state index contributed by atoms with van der Waals surface area (Å²) in [6.45, 7) is 2.72. The maximum atomic E-state index is 10.9. The Morgan fingerprint density at radius 2 is 2.18 bits per heavy atom. The van der Waals surface area contributed by atoms with Gasteiger partial charge >= 0.3 is 5.97 Å². The third-order valence-corrected chi connectivity index (χ3v) is 4.88. The fourth-order valence-corrected chi connectivity index (χ4v) is 3.13. The van der Waals surface area contributed by atoms with Crippen LogP contribution < -0.4 is 9.47 Å². The van der Waals surface area contributed by atoms with Crippen molar-refractivity contribution in [1.29, 1.82) is 0 Å². The van der Waals surface area contributed by atoms with Crippen molar-refractivity contribution < 1.29 is 19.4 Å². The van der Waals surface area contributed by atoms with E-state index in [1.165, 1.54) is 18.4 Å². The first kappa shape index (κ1) is 13.9. The van der Waals surface area contributed by atoms with E-state index in [1.807, 2.05) is 12.1 Å². The molecule has 1 saturated heterocycles. The van der Waals surface area contributed by atoms with Crippen LogP contribution in [0.4, 0.5) is 0 Å². The molecule has 22 heavy (non-hydrogen) atoms. The van der Waals surface area contributed by atoms with E-state index in [4.69, 9.17) is 14.6 Å². The second kappa shape index (κ2) is 5.47. The summed E-state index contributed by atoms with van der Waals surface area (Å²) in [6.07, 6.45) is 3.50. The summed E-state index contributed by atoms with van der Waals surface area (Å²) in [5.41, 5.74) is 1.19. The SMILES string of the molecule is O=C(O)C1CN(C2COc3cc(OCC4CC4)ccc3C2)C1. The molecule has 2 heterocycles. The molecule has 1 aliphatic carbocycles. The molecule has 1 saturated carbocycles. The van der Waals surface area contributed by atoms with Gasteiger partial charge in [-0.15, -0.1) is 0 Å². The number of ether oxygens (including phenoxy) is 2. The predicted molar refractivity (Wildman–Crippen MR) is 80.3 cm³/mol. The maximum absolute atomic E-state index is 10.9. The minimum atomic E-state index is -0.689. The summed E-state index contributed by atoms with van der Waals surface area (Å²) in [5, 5.41) is 8.96. The zero-order valence-corrected chi connectivity index (χ0v) is 12.5. The van der Waals surface area contributed by atoms with Gasteiger partial charge < -0.3 is 14.6 Å². The molecule has 1 aromatic rings. The van der Waals surface area contributed by atoms with Crippen LogP contribution in [-0.2, 0) is 11.2 Å². The van der Waals surface area contributed by atoms with Gasteiger partial charge in [-0.25, -0.2) is 0 Å². The van der Waals surface area contributed by atoms with E-state index in [1.54, 1.807) is 0 Å². The third-order valence-electron chi connectivity index (χ3n) is 4.88. The molecule has 0 radical (unpaired) electrons. The van der Waals surface area contributed by atoms with Crippen molar-refractivity contribution in [2.45, 2.75) is 25.3 Å². The van der Waals surface area contributed by atoms with E-state index in [-0.39, 0.29) is 5.92 Å². The molecule has 5 nitrogen and oxygen atoms in total. The number of likely N-dealkylation sites (tertiary alicyclic amines) is 1. The first-order valence-electron chi connectivity index (χ1n) is 8.04. The van der Waals surface area contributed by atoms with Crippen molar-refractivity contribution in [3.05, 3.63) is 23.8 Å². The second-order valence-electron chi connectivity index (χ2n) is 6.68. The zero-order valence-electron chi connectivity index (χ0n) is 12.5. The number of fused-ring (bicyclic) bond motifs is 1. The summed E-state index contributed by atoms with van der Waals surface area (Å²) >= 11 is 0. The molecular formula is C17H21NO4. The normalized spacial score (nSPS) is 25.0. The highest BCUT2D eigenvalue weighted by Crippen LogP contribution is 2.34. The van der Waals surface area contributed by atoms with Gasteiger partial charge in [0.2, 0.25) is 0 Å². The van der Waals surface area contributed by atoms with Crippen LogP contribution >= 0.6 is 0 Å². The molecule has 2 aliphatic heterocycles. The van der Waals surface area contributed by atoms with E-state index in [9.17, 15) is 4.79 Å². The smallest absolute Gasteiger partial charge is 0.309 e. The molecule has 0 bridgehead atoms. The van der Waals surface area contributed by atoms with Crippen molar-refractivity contribution in [3.63, 3.8) is 0 Å². The number of hydrogen-bond acceptors (Lipinski definition) is 4. The number of hydrogen-bond donors (Lipinski definition) is 1. The molecule has 5 heteroatoms. The molecule has 0 aromatic heterocycles. The van der Waals surface area contributed by atoms with Crippen molar-refractivity contribution in [2.75, 3.05) is 26.3 Å². The quantitative estimate of drug-likeness (QED) is 0.899. The van der Waals surface area contributed by atoms with E-state index in [2.05, 4.69) is 11.0 Å². The Hall–Kier alpha value is -1.75. The second-order valence-corrected chi connectivity index (χ2v) is 6.68. The molecule has 118 valence electrons. The highest BCUT2D eigenvalue weighted by atomic mass is 16.5. The number of nitrogens with zero attached hydrogens (tertiary/aromatic N) is 1. The van der Waals surface area contributed by atoms with Crippen LogP contribution in [0, 0.1) is 11.8 Å². The minimum absolute atomic E-state index is 0.209. The third kappa shape index (κ3) is 2.77. The number of benzene rings is 1.